The predicted molar refractivity (Wildman–Crippen MR) is 117 cm³/mol. The van der Waals surface area contributed by atoms with Crippen molar-refractivity contribution in [1.82, 2.24) is 15.0 Å². The average Bonchev–Trinajstić information content (AvgIpc) is 2.70. The average molecular weight is 376 g/mol. The van der Waals surface area contributed by atoms with Gasteiger partial charge in [0.15, 0.2) is 0 Å². The number of hydrogen-bond acceptors (Lipinski definition) is 6. The molecule has 1 aromatic carbocycles. The molecular weight excluding hydrogens is 354 g/mol. The van der Waals surface area contributed by atoms with E-state index in [1.165, 1.54) is 11.9 Å². The van der Waals surface area contributed by atoms with Gasteiger partial charge in [-0.1, -0.05) is 49.4 Å². The van der Waals surface area contributed by atoms with Gasteiger partial charge in [-0.3, -0.25) is 4.98 Å². The van der Waals surface area contributed by atoms with Crippen LogP contribution in [0.25, 0.3) is 22.0 Å². The van der Waals surface area contributed by atoms with Crippen LogP contribution in [0.1, 0.15) is 0 Å². The molecule has 2 N–H and O–H groups in total. The Morgan fingerprint density at radius 3 is 2.89 bits per heavy atom. The second kappa shape index (κ2) is 9.00. The summed E-state index contributed by atoms with van der Waals surface area (Å²) in [7, 11) is 0. The molecule has 2 heterocycles. The van der Waals surface area contributed by atoms with Gasteiger partial charge in [0.25, 0.3) is 0 Å². The fourth-order valence-corrected chi connectivity index (χ4v) is 2.96. The van der Waals surface area contributed by atoms with Crippen LogP contribution in [0.5, 0.6) is 0 Å². The number of allylic oxidation sites excluding steroid dienone is 2. The fraction of sp³-hybridized carbons (Fsp3) is 0.0952. The van der Waals surface area contributed by atoms with Crippen LogP contribution >= 0.6 is 11.9 Å². The molecule has 0 atom stereocenters. The summed E-state index contributed by atoms with van der Waals surface area (Å²) in [4.78, 5) is 13.1. The molecule has 27 heavy (non-hydrogen) atoms. The molecule has 6 heteroatoms. The van der Waals surface area contributed by atoms with Gasteiger partial charge in [-0.15, -0.1) is 0 Å². The van der Waals surface area contributed by atoms with E-state index >= 15 is 0 Å². The van der Waals surface area contributed by atoms with Crippen molar-refractivity contribution in [2.45, 2.75) is 0 Å². The van der Waals surface area contributed by atoms with Crippen LogP contribution in [0.3, 0.4) is 0 Å². The summed E-state index contributed by atoms with van der Waals surface area (Å²) < 4.78 is 3.21. The Labute approximate surface area is 163 Å². The molecule has 0 amide bonds. The summed E-state index contributed by atoms with van der Waals surface area (Å²) >= 11 is 1.54. The van der Waals surface area contributed by atoms with Gasteiger partial charge < -0.3 is 10.0 Å². The Balaban J connectivity index is 1.92. The maximum absolute atomic E-state index is 4.40. The van der Waals surface area contributed by atoms with Crippen LogP contribution in [0, 0.1) is 0 Å². The van der Waals surface area contributed by atoms with E-state index in [2.05, 4.69) is 50.3 Å². The Morgan fingerprint density at radius 1 is 1.19 bits per heavy atom. The summed E-state index contributed by atoms with van der Waals surface area (Å²) in [5, 5.41) is 4.30. The Morgan fingerprint density at radius 2 is 2.07 bits per heavy atom. The topological polar surface area (TPSA) is 62.7 Å². The molecule has 5 nitrogen and oxygen atoms in total. The molecule has 3 rings (SSSR count). The molecule has 0 spiro atoms. The number of rotatable bonds is 8. The standard InChI is InChI=1S/C21H21N5S/c1-4-5-6-15(2)11-23-21-19-10-16(7-8-20(19)24-14-25-21)17-9-18(26-27-3)13-22-12-17/h4-10,12-14,26H,1-2,11H2,3H3,(H,23,24,25)/b6-5-. The quantitative estimate of drug-likeness (QED) is 0.422. The molecule has 0 saturated heterocycles. The first kappa shape index (κ1) is 18.7. The molecule has 0 aliphatic heterocycles. The van der Waals surface area contributed by atoms with Crippen molar-refractivity contribution in [3.05, 3.63) is 79.9 Å². The Hall–Kier alpha value is -3.12. The minimum absolute atomic E-state index is 0.593. The van der Waals surface area contributed by atoms with Gasteiger partial charge in [-0.05, 0) is 29.3 Å². The number of hydrogen-bond donors (Lipinski definition) is 2. The number of nitrogens with zero attached hydrogens (tertiary/aromatic N) is 3. The smallest absolute Gasteiger partial charge is 0.137 e. The minimum atomic E-state index is 0.593. The van der Waals surface area contributed by atoms with Crippen molar-refractivity contribution in [2.75, 3.05) is 22.8 Å². The molecule has 3 aromatic rings. The zero-order valence-electron chi connectivity index (χ0n) is 15.1. The van der Waals surface area contributed by atoms with E-state index in [4.69, 9.17) is 0 Å². The SMILES string of the molecule is C=C/C=C\C(=C)CNc1ncnc2ccc(-c3cncc(NSC)c3)cc12. The van der Waals surface area contributed by atoms with Crippen molar-refractivity contribution in [3.63, 3.8) is 0 Å². The lowest BCUT2D eigenvalue weighted by molar-refractivity contribution is 1.17. The van der Waals surface area contributed by atoms with E-state index in [0.29, 0.717) is 6.54 Å². The molecule has 0 bridgehead atoms. The van der Waals surface area contributed by atoms with E-state index in [0.717, 1.165) is 39.1 Å². The summed E-state index contributed by atoms with van der Waals surface area (Å²) in [6.45, 7) is 8.28. The highest BCUT2D eigenvalue weighted by molar-refractivity contribution is 7.99. The second-order valence-corrected chi connectivity index (χ2v) is 6.44. The van der Waals surface area contributed by atoms with Gasteiger partial charge in [0.05, 0.1) is 17.4 Å². The van der Waals surface area contributed by atoms with Crippen molar-refractivity contribution < 1.29 is 0 Å². The molecule has 136 valence electrons. The van der Waals surface area contributed by atoms with Gasteiger partial charge in [0, 0.05) is 29.9 Å². The van der Waals surface area contributed by atoms with E-state index in [1.807, 2.05) is 36.7 Å². The van der Waals surface area contributed by atoms with E-state index in [1.54, 1.807) is 18.6 Å². The third-order valence-electron chi connectivity index (χ3n) is 3.88. The number of aromatic nitrogens is 3. The molecule has 0 aliphatic carbocycles. The number of pyridine rings is 1. The largest absolute Gasteiger partial charge is 0.365 e. The molecule has 0 aliphatic rings. The van der Waals surface area contributed by atoms with Crippen LogP contribution in [0.15, 0.2) is 79.9 Å². The van der Waals surface area contributed by atoms with Gasteiger partial charge in [-0.25, -0.2) is 9.97 Å². The zero-order valence-corrected chi connectivity index (χ0v) is 16.0. The van der Waals surface area contributed by atoms with E-state index in [-0.39, 0.29) is 0 Å². The van der Waals surface area contributed by atoms with Gasteiger partial charge in [0.1, 0.15) is 12.1 Å². The molecule has 0 radical (unpaired) electrons. The highest BCUT2D eigenvalue weighted by Gasteiger charge is 2.07. The van der Waals surface area contributed by atoms with E-state index < -0.39 is 0 Å². The first-order valence-electron chi connectivity index (χ1n) is 8.41. The van der Waals surface area contributed by atoms with Gasteiger partial charge in [0.2, 0.25) is 0 Å². The number of fused-ring (bicyclic) bond motifs is 1. The van der Waals surface area contributed by atoms with Crippen molar-refractivity contribution >= 4 is 34.4 Å². The molecular formula is C21H21N5S. The lowest BCUT2D eigenvalue weighted by Crippen LogP contribution is -2.05. The number of benzene rings is 1. The summed E-state index contributed by atoms with van der Waals surface area (Å²) in [5.41, 5.74) is 4.88. The first-order chi connectivity index (χ1) is 13.2. The van der Waals surface area contributed by atoms with Crippen LogP contribution in [-0.2, 0) is 0 Å². The molecule has 0 fully saturated rings. The van der Waals surface area contributed by atoms with Crippen molar-refractivity contribution in [1.29, 1.82) is 0 Å². The fourth-order valence-electron chi connectivity index (χ4n) is 2.61. The normalized spacial score (nSPS) is 10.9. The Kier molecular flexibility index (Phi) is 6.22. The Bertz CT molecular complexity index is 997. The lowest BCUT2D eigenvalue weighted by atomic mass is 10.0. The molecule has 0 unspecified atom stereocenters. The predicted octanol–water partition coefficient (Wildman–Crippen LogP) is 5.09. The van der Waals surface area contributed by atoms with Crippen LogP contribution in [-0.4, -0.2) is 27.8 Å². The zero-order chi connectivity index (χ0) is 19.1. The van der Waals surface area contributed by atoms with E-state index in [9.17, 15) is 0 Å². The van der Waals surface area contributed by atoms with Crippen molar-refractivity contribution in [2.24, 2.45) is 0 Å². The maximum atomic E-state index is 4.40. The van der Waals surface area contributed by atoms with Crippen molar-refractivity contribution in [3.8, 4) is 11.1 Å². The monoisotopic (exact) mass is 375 g/mol. The minimum Gasteiger partial charge on any atom is -0.365 e. The number of nitrogens with one attached hydrogen (secondary N) is 2. The lowest BCUT2D eigenvalue weighted by Gasteiger charge is -2.10. The maximum Gasteiger partial charge on any atom is 0.137 e. The second-order valence-electron chi connectivity index (χ2n) is 5.83. The summed E-state index contributed by atoms with van der Waals surface area (Å²) in [5.74, 6) is 0.779. The first-order valence-corrected chi connectivity index (χ1v) is 9.63. The molecule has 2 aromatic heterocycles. The van der Waals surface area contributed by atoms with Crippen LogP contribution in [0.2, 0.25) is 0 Å². The van der Waals surface area contributed by atoms with Crippen LogP contribution in [0.4, 0.5) is 11.5 Å². The highest BCUT2D eigenvalue weighted by atomic mass is 32.2. The highest BCUT2D eigenvalue weighted by Crippen LogP contribution is 2.28. The third kappa shape index (κ3) is 4.74. The van der Waals surface area contributed by atoms with Gasteiger partial charge in [-0.2, -0.15) is 0 Å². The third-order valence-corrected chi connectivity index (χ3v) is 4.32. The molecule has 0 saturated carbocycles. The number of anilines is 2. The van der Waals surface area contributed by atoms with Gasteiger partial charge >= 0.3 is 0 Å². The summed E-state index contributed by atoms with van der Waals surface area (Å²) in [6, 6.07) is 8.20. The summed E-state index contributed by atoms with van der Waals surface area (Å²) in [6.07, 6.45) is 12.7. The van der Waals surface area contributed by atoms with Crippen LogP contribution < -0.4 is 10.0 Å².